The van der Waals surface area contributed by atoms with Gasteiger partial charge in [-0.25, -0.2) is 9.37 Å². The number of rotatable bonds is 5. The lowest BCUT2D eigenvalue weighted by molar-refractivity contribution is -0.0119. The van der Waals surface area contributed by atoms with Gasteiger partial charge in [-0.2, -0.15) is 0 Å². The number of anilines is 1. The molecule has 2 amide bonds. The molecule has 4 fully saturated rings. The van der Waals surface area contributed by atoms with E-state index in [1.165, 1.54) is 56.4 Å². The average Bonchev–Trinajstić information content (AvgIpc) is 3.35. The molecule has 0 atom stereocenters. The van der Waals surface area contributed by atoms with Crippen LogP contribution in [0.5, 0.6) is 0 Å². The van der Waals surface area contributed by atoms with E-state index in [0.29, 0.717) is 40.5 Å². The maximum Gasteiger partial charge on any atom is 0.255 e. The fraction of sp³-hybridized carbons (Fsp3) is 0.323. The molecule has 0 unspecified atom stereocenters. The Morgan fingerprint density at radius 2 is 1.45 bits per heavy atom. The summed E-state index contributed by atoms with van der Waals surface area (Å²) in [5, 5.41) is 6.15. The van der Waals surface area contributed by atoms with Crippen molar-refractivity contribution in [2.75, 3.05) is 5.32 Å². The summed E-state index contributed by atoms with van der Waals surface area (Å²) in [6, 6.07) is 18.7. The highest BCUT2D eigenvalue weighted by Gasteiger charge is 2.48. The van der Waals surface area contributed by atoms with Gasteiger partial charge in [-0.15, -0.1) is 0 Å². The normalized spacial score (nSPS) is 25.4. The summed E-state index contributed by atoms with van der Waals surface area (Å²) in [6.45, 7) is 0. The second-order valence-electron chi connectivity index (χ2n) is 11.3. The molecule has 0 spiro atoms. The van der Waals surface area contributed by atoms with Gasteiger partial charge in [0, 0.05) is 28.4 Å². The SMILES string of the molecule is O=C(Nc1ccc(F)cc1)c1ccc(-c2nc3cc(C(=O)NC4C5C[C@H]6C[C@@H](C5)C[C@@H]4C6)ccc3[nH]2)cc1. The third kappa shape index (κ3) is 4.26. The number of hydrogen-bond donors (Lipinski definition) is 3. The molecule has 4 aliphatic rings. The van der Waals surface area contributed by atoms with Crippen LogP contribution in [0.25, 0.3) is 22.4 Å². The van der Waals surface area contributed by atoms with Gasteiger partial charge in [0.2, 0.25) is 0 Å². The molecule has 3 aromatic carbocycles. The zero-order chi connectivity index (χ0) is 25.8. The number of nitrogens with one attached hydrogen (secondary N) is 3. The van der Waals surface area contributed by atoms with Crippen LogP contribution >= 0.6 is 0 Å². The fourth-order valence-corrected chi connectivity index (χ4v) is 7.20. The molecule has 4 aromatic rings. The van der Waals surface area contributed by atoms with E-state index in [1.807, 2.05) is 30.3 Å². The second kappa shape index (κ2) is 9.08. The summed E-state index contributed by atoms with van der Waals surface area (Å²) in [7, 11) is 0. The molecule has 4 bridgehead atoms. The number of amides is 2. The lowest BCUT2D eigenvalue weighted by Crippen LogP contribution is -2.55. The van der Waals surface area contributed by atoms with Gasteiger partial charge in [-0.05, 0) is 110 Å². The zero-order valence-corrected chi connectivity index (χ0v) is 20.9. The van der Waals surface area contributed by atoms with Gasteiger partial charge in [0.15, 0.2) is 0 Å². The summed E-state index contributed by atoms with van der Waals surface area (Å²) in [4.78, 5) is 33.8. The quantitative estimate of drug-likeness (QED) is 0.301. The third-order valence-corrected chi connectivity index (χ3v) is 8.79. The zero-order valence-electron chi connectivity index (χ0n) is 20.9. The Morgan fingerprint density at radius 3 is 2.13 bits per heavy atom. The Kier molecular flexibility index (Phi) is 5.53. The van der Waals surface area contributed by atoms with Gasteiger partial charge in [0.1, 0.15) is 11.6 Å². The summed E-state index contributed by atoms with van der Waals surface area (Å²) < 4.78 is 13.1. The van der Waals surface area contributed by atoms with Gasteiger partial charge < -0.3 is 15.6 Å². The lowest BCUT2D eigenvalue weighted by atomic mass is 9.54. The Balaban J connectivity index is 1.05. The van der Waals surface area contributed by atoms with Gasteiger partial charge in [0.05, 0.1) is 11.0 Å². The van der Waals surface area contributed by atoms with Crippen molar-refractivity contribution in [2.45, 2.75) is 38.1 Å². The molecular formula is C31H29FN4O2. The highest BCUT2D eigenvalue weighted by Crippen LogP contribution is 2.53. The van der Waals surface area contributed by atoms with E-state index < -0.39 is 0 Å². The van der Waals surface area contributed by atoms with Crippen LogP contribution < -0.4 is 10.6 Å². The molecule has 4 saturated carbocycles. The van der Waals surface area contributed by atoms with Crippen LogP contribution in [0.15, 0.2) is 66.7 Å². The van der Waals surface area contributed by atoms with E-state index in [-0.39, 0.29) is 17.6 Å². The van der Waals surface area contributed by atoms with Crippen LogP contribution in [0.4, 0.5) is 10.1 Å². The monoisotopic (exact) mass is 508 g/mol. The van der Waals surface area contributed by atoms with Crippen LogP contribution in [0.3, 0.4) is 0 Å². The predicted molar refractivity (Wildman–Crippen MR) is 144 cm³/mol. The fourth-order valence-electron chi connectivity index (χ4n) is 7.20. The topological polar surface area (TPSA) is 86.9 Å². The first-order chi connectivity index (χ1) is 18.5. The Morgan fingerprint density at radius 1 is 0.789 bits per heavy atom. The van der Waals surface area contributed by atoms with E-state index in [4.69, 9.17) is 4.98 Å². The molecule has 0 saturated heterocycles. The molecule has 7 heteroatoms. The first-order valence-corrected chi connectivity index (χ1v) is 13.5. The smallest absolute Gasteiger partial charge is 0.255 e. The molecule has 38 heavy (non-hydrogen) atoms. The van der Waals surface area contributed by atoms with Crippen LogP contribution in [0.1, 0.15) is 52.8 Å². The molecule has 3 N–H and O–H groups in total. The van der Waals surface area contributed by atoms with Crippen molar-refractivity contribution in [3.05, 3.63) is 83.7 Å². The van der Waals surface area contributed by atoms with Crippen molar-refractivity contribution in [1.29, 1.82) is 0 Å². The van der Waals surface area contributed by atoms with Gasteiger partial charge in [0.25, 0.3) is 11.8 Å². The Hall–Kier alpha value is -4.00. The minimum absolute atomic E-state index is 0.00885. The lowest BCUT2D eigenvalue weighted by Gasteiger charge is -2.54. The number of halogens is 1. The number of carbonyl (C=O) groups is 2. The van der Waals surface area contributed by atoms with E-state index in [0.717, 1.165) is 28.4 Å². The number of hydrogen-bond acceptors (Lipinski definition) is 3. The van der Waals surface area contributed by atoms with Crippen molar-refractivity contribution >= 4 is 28.5 Å². The number of H-pyrrole nitrogens is 1. The number of carbonyl (C=O) groups excluding carboxylic acids is 2. The largest absolute Gasteiger partial charge is 0.349 e. The number of nitrogens with zero attached hydrogens (tertiary/aromatic N) is 1. The van der Waals surface area contributed by atoms with Gasteiger partial charge >= 0.3 is 0 Å². The first kappa shape index (κ1) is 23.1. The first-order valence-electron chi connectivity index (χ1n) is 13.5. The number of imidazole rings is 1. The predicted octanol–water partition coefficient (Wildman–Crippen LogP) is 6.18. The van der Waals surface area contributed by atoms with Crippen LogP contribution in [0.2, 0.25) is 0 Å². The molecule has 6 nitrogen and oxygen atoms in total. The van der Waals surface area contributed by atoms with E-state index in [9.17, 15) is 14.0 Å². The maximum absolute atomic E-state index is 13.2. The molecule has 4 aliphatic carbocycles. The van der Waals surface area contributed by atoms with Crippen LogP contribution in [0, 0.1) is 29.5 Å². The van der Waals surface area contributed by atoms with Crippen molar-refractivity contribution in [3.8, 4) is 11.4 Å². The summed E-state index contributed by atoms with van der Waals surface area (Å²) in [6.07, 6.45) is 6.48. The Bertz CT molecular complexity index is 1500. The minimum atomic E-state index is -0.353. The van der Waals surface area contributed by atoms with Gasteiger partial charge in [-0.1, -0.05) is 12.1 Å². The third-order valence-electron chi connectivity index (χ3n) is 8.79. The minimum Gasteiger partial charge on any atom is -0.349 e. The van der Waals surface area contributed by atoms with E-state index in [1.54, 1.807) is 12.1 Å². The molecule has 1 heterocycles. The number of aromatic amines is 1. The van der Waals surface area contributed by atoms with Crippen molar-refractivity contribution in [1.82, 2.24) is 15.3 Å². The average molecular weight is 509 g/mol. The Labute approximate surface area is 220 Å². The second-order valence-corrected chi connectivity index (χ2v) is 11.3. The summed E-state index contributed by atoms with van der Waals surface area (Å²) in [5.74, 6) is 3.06. The summed E-state index contributed by atoms with van der Waals surface area (Å²) in [5.41, 5.74) is 4.07. The molecule has 0 aliphatic heterocycles. The highest BCUT2D eigenvalue weighted by atomic mass is 19.1. The molecular weight excluding hydrogens is 479 g/mol. The van der Waals surface area contributed by atoms with Crippen LogP contribution in [-0.2, 0) is 0 Å². The highest BCUT2D eigenvalue weighted by molar-refractivity contribution is 6.04. The molecule has 192 valence electrons. The standard InChI is InChI=1S/C31H29FN4O2/c32-24-6-8-25(9-7-24)33-30(37)20-3-1-19(2-4-20)29-34-26-10-5-21(16-27(26)35-29)31(38)36-28-22-12-17-11-18(14-22)15-23(28)13-17/h1-10,16-18,22-23,28H,11-15H2,(H,33,37)(H,34,35)(H,36,38)/t17-,18+,22-,23?,28?. The molecule has 0 radical (unpaired) electrons. The molecule has 8 rings (SSSR count). The van der Waals surface area contributed by atoms with Crippen LogP contribution in [-0.4, -0.2) is 27.8 Å². The number of aromatic nitrogens is 2. The maximum atomic E-state index is 13.2. The van der Waals surface area contributed by atoms with Crippen molar-refractivity contribution in [2.24, 2.45) is 23.7 Å². The van der Waals surface area contributed by atoms with E-state index in [2.05, 4.69) is 15.6 Å². The van der Waals surface area contributed by atoms with Crippen molar-refractivity contribution in [3.63, 3.8) is 0 Å². The van der Waals surface area contributed by atoms with Crippen molar-refractivity contribution < 1.29 is 14.0 Å². The number of benzene rings is 3. The van der Waals surface area contributed by atoms with E-state index >= 15 is 0 Å². The molecule has 1 aromatic heterocycles. The van der Waals surface area contributed by atoms with Gasteiger partial charge in [-0.3, -0.25) is 9.59 Å². The summed E-state index contributed by atoms with van der Waals surface area (Å²) >= 11 is 0. The number of fused-ring (bicyclic) bond motifs is 1.